The van der Waals surface area contributed by atoms with Crippen LogP contribution in [0.5, 0.6) is 0 Å². The van der Waals surface area contributed by atoms with Gasteiger partial charge in [0.25, 0.3) is 6.47 Å². The molecule has 2 rings (SSSR count). The maximum Gasteiger partial charge on any atom is 0.298 e. The summed E-state index contributed by atoms with van der Waals surface area (Å²) in [5, 5.41) is 12.6. The normalized spacial score (nSPS) is 17.0. The largest absolute Gasteiger partial charge is 0.429 e. The van der Waals surface area contributed by atoms with E-state index < -0.39 is 0 Å². The van der Waals surface area contributed by atoms with E-state index in [0.29, 0.717) is 12.2 Å². The van der Waals surface area contributed by atoms with Gasteiger partial charge in [-0.2, -0.15) is 0 Å². The lowest BCUT2D eigenvalue weighted by molar-refractivity contribution is -0.124. The predicted molar refractivity (Wildman–Crippen MR) is 94.4 cm³/mol. The van der Waals surface area contributed by atoms with Crippen LogP contribution in [0.15, 0.2) is 42.2 Å². The molecule has 4 heteroatoms. The molecule has 0 fully saturated rings. The molecule has 1 atom stereocenters. The highest BCUT2D eigenvalue weighted by Gasteiger charge is 2.15. The van der Waals surface area contributed by atoms with Crippen LogP contribution >= 0.6 is 0 Å². The highest BCUT2D eigenvalue weighted by molar-refractivity contribution is 5.49. The summed E-state index contributed by atoms with van der Waals surface area (Å²) in [6.07, 6.45) is 8.98. The van der Waals surface area contributed by atoms with E-state index >= 15 is 0 Å². The molecule has 1 unspecified atom stereocenters. The van der Waals surface area contributed by atoms with Gasteiger partial charge in [-0.15, -0.1) is 0 Å². The summed E-state index contributed by atoms with van der Waals surface area (Å²) in [4.78, 5) is 9.84. The van der Waals surface area contributed by atoms with E-state index in [1.165, 1.54) is 11.1 Å². The van der Waals surface area contributed by atoms with E-state index in [1.807, 2.05) is 27.0 Å². The molecule has 0 saturated heterocycles. The second-order valence-electron chi connectivity index (χ2n) is 5.35. The monoisotopic (exact) mass is 317 g/mol. The van der Waals surface area contributed by atoms with E-state index in [-0.39, 0.29) is 6.10 Å². The Balaban J connectivity index is 0.000000241. The van der Waals surface area contributed by atoms with Gasteiger partial charge in [0.15, 0.2) is 0 Å². The van der Waals surface area contributed by atoms with Gasteiger partial charge in [-0.1, -0.05) is 19.1 Å². The Hall–Kier alpha value is -2.07. The molecule has 1 aliphatic rings. The van der Waals surface area contributed by atoms with Gasteiger partial charge < -0.3 is 15.2 Å². The quantitative estimate of drug-likeness (QED) is 0.495. The second-order valence-corrected chi connectivity index (χ2v) is 5.35. The minimum absolute atomic E-state index is 0.139. The molecule has 0 amide bonds. The van der Waals surface area contributed by atoms with Crippen molar-refractivity contribution < 1.29 is 14.6 Å². The average Bonchev–Trinajstić information content (AvgIpc) is 2.58. The molecular weight excluding hydrogens is 290 g/mol. The molecule has 0 aromatic heterocycles. The second kappa shape index (κ2) is 10.6. The Morgan fingerprint density at radius 3 is 2.83 bits per heavy atom. The minimum atomic E-state index is -0.139. The summed E-state index contributed by atoms with van der Waals surface area (Å²) < 4.78 is 4.59. The van der Waals surface area contributed by atoms with Gasteiger partial charge in [-0.25, -0.2) is 0 Å². The molecule has 1 aromatic rings. The van der Waals surface area contributed by atoms with Gasteiger partial charge in [0.05, 0.1) is 6.10 Å². The maximum absolute atomic E-state index is 9.84. The zero-order valence-corrected chi connectivity index (χ0v) is 14.2. The Kier molecular flexibility index (Phi) is 8.76. The first kappa shape index (κ1) is 19.0. The van der Waals surface area contributed by atoms with Gasteiger partial charge in [-0.3, -0.25) is 4.79 Å². The summed E-state index contributed by atoms with van der Waals surface area (Å²) in [5.74, 6) is 0.594. The van der Waals surface area contributed by atoms with E-state index in [4.69, 9.17) is 0 Å². The van der Waals surface area contributed by atoms with Gasteiger partial charge in [0.1, 0.15) is 5.76 Å². The number of ether oxygens (including phenoxy) is 1. The zero-order valence-electron chi connectivity index (χ0n) is 14.2. The molecule has 0 bridgehead atoms. The van der Waals surface area contributed by atoms with Crippen LogP contribution in [0.3, 0.4) is 0 Å². The summed E-state index contributed by atoms with van der Waals surface area (Å²) in [6.45, 7) is 4.26. The van der Waals surface area contributed by atoms with Crippen molar-refractivity contribution in [2.45, 2.75) is 45.6 Å². The number of fused-ring (bicyclic) bond motifs is 1. The number of rotatable bonds is 5. The fourth-order valence-corrected chi connectivity index (χ4v) is 2.39. The lowest BCUT2D eigenvalue weighted by Gasteiger charge is -2.21. The van der Waals surface area contributed by atoms with Crippen molar-refractivity contribution in [1.82, 2.24) is 0 Å². The molecule has 0 aliphatic heterocycles. The Morgan fingerprint density at radius 1 is 1.43 bits per heavy atom. The van der Waals surface area contributed by atoms with Crippen LogP contribution in [-0.2, 0) is 22.4 Å². The first-order chi connectivity index (χ1) is 11.1. The van der Waals surface area contributed by atoms with Crippen molar-refractivity contribution in [3.63, 3.8) is 0 Å². The Bertz CT molecular complexity index is 550. The van der Waals surface area contributed by atoms with Crippen LogP contribution in [0.2, 0.25) is 0 Å². The standard InChI is InChI=1S/C11H15NO.C8H12O2/c1-12-10-4-2-8-3-5-11(13)7-9(8)6-10;1-3-5-6-8(4-2)10-7-9/h2,4,6,11-13H,3,5,7H2,1H3;4-7H,3H2,1-2H3/b;6-5-,8-4+. The average molecular weight is 317 g/mol. The number of hydrogen-bond acceptors (Lipinski definition) is 4. The number of aliphatic hydroxyl groups is 1. The third-order valence-electron chi connectivity index (χ3n) is 3.68. The SMILES string of the molecule is C/C=C(\C=C/CC)OC=O.CNc1ccc2c(c1)CC(O)CC2. The van der Waals surface area contributed by atoms with Crippen LogP contribution in [-0.4, -0.2) is 24.7 Å². The number of anilines is 1. The number of nitrogens with one attached hydrogen (secondary N) is 1. The molecule has 126 valence electrons. The van der Waals surface area contributed by atoms with Gasteiger partial charge in [0.2, 0.25) is 0 Å². The van der Waals surface area contributed by atoms with Crippen molar-refractivity contribution in [1.29, 1.82) is 0 Å². The lowest BCUT2D eigenvalue weighted by Crippen LogP contribution is -2.18. The Morgan fingerprint density at radius 2 is 2.22 bits per heavy atom. The van der Waals surface area contributed by atoms with Crippen LogP contribution < -0.4 is 5.32 Å². The molecule has 0 radical (unpaired) electrons. The van der Waals surface area contributed by atoms with Crippen LogP contribution in [0, 0.1) is 0 Å². The molecule has 1 aromatic carbocycles. The smallest absolute Gasteiger partial charge is 0.298 e. The first-order valence-electron chi connectivity index (χ1n) is 8.05. The summed E-state index contributed by atoms with van der Waals surface area (Å²) in [7, 11) is 1.92. The van der Waals surface area contributed by atoms with E-state index in [2.05, 4.69) is 28.3 Å². The third kappa shape index (κ3) is 6.70. The fraction of sp³-hybridized carbons (Fsp3) is 0.421. The van der Waals surface area contributed by atoms with Gasteiger partial charge in [-0.05, 0) is 68.0 Å². The maximum atomic E-state index is 9.84. The number of aliphatic hydroxyl groups excluding tert-OH is 1. The number of carbonyl (C=O) groups is 1. The predicted octanol–water partition coefficient (Wildman–Crippen LogP) is 3.61. The number of carbonyl (C=O) groups excluding carboxylic acids is 1. The third-order valence-corrected chi connectivity index (χ3v) is 3.68. The van der Waals surface area contributed by atoms with E-state index in [1.54, 1.807) is 12.2 Å². The molecule has 1 aliphatic carbocycles. The minimum Gasteiger partial charge on any atom is -0.429 e. The van der Waals surface area contributed by atoms with Crippen molar-refractivity contribution >= 4 is 12.2 Å². The molecule has 2 N–H and O–H groups in total. The molecule has 4 nitrogen and oxygen atoms in total. The van der Waals surface area contributed by atoms with E-state index in [0.717, 1.165) is 31.4 Å². The summed E-state index contributed by atoms with van der Waals surface area (Å²) >= 11 is 0. The molecule has 0 spiro atoms. The van der Waals surface area contributed by atoms with Crippen LogP contribution in [0.4, 0.5) is 5.69 Å². The van der Waals surface area contributed by atoms with Crippen molar-refractivity contribution in [3.8, 4) is 0 Å². The number of allylic oxidation sites excluding steroid dienone is 3. The number of benzene rings is 1. The lowest BCUT2D eigenvalue weighted by atomic mass is 9.89. The fourth-order valence-electron chi connectivity index (χ4n) is 2.39. The molecule has 0 saturated carbocycles. The Labute approximate surface area is 138 Å². The van der Waals surface area contributed by atoms with Gasteiger partial charge in [0, 0.05) is 12.7 Å². The number of aryl methyl sites for hydroxylation is 1. The van der Waals surface area contributed by atoms with Crippen molar-refractivity contribution in [2.75, 3.05) is 12.4 Å². The first-order valence-corrected chi connectivity index (χ1v) is 8.05. The molecule has 23 heavy (non-hydrogen) atoms. The van der Waals surface area contributed by atoms with E-state index in [9.17, 15) is 9.90 Å². The zero-order chi connectivity index (χ0) is 17.1. The van der Waals surface area contributed by atoms with Crippen molar-refractivity contribution in [2.24, 2.45) is 0 Å². The summed E-state index contributed by atoms with van der Waals surface area (Å²) in [6, 6.07) is 6.39. The highest BCUT2D eigenvalue weighted by atomic mass is 16.5. The van der Waals surface area contributed by atoms with Crippen LogP contribution in [0.1, 0.15) is 37.8 Å². The molecule has 0 heterocycles. The van der Waals surface area contributed by atoms with Crippen LogP contribution in [0.25, 0.3) is 0 Å². The summed E-state index contributed by atoms with van der Waals surface area (Å²) in [5.41, 5.74) is 3.82. The number of hydrogen-bond donors (Lipinski definition) is 2. The highest BCUT2D eigenvalue weighted by Crippen LogP contribution is 2.24. The van der Waals surface area contributed by atoms with Crippen molar-refractivity contribution in [3.05, 3.63) is 53.3 Å². The molecular formula is C19H27NO3. The van der Waals surface area contributed by atoms with Gasteiger partial charge >= 0.3 is 0 Å². The topological polar surface area (TPSA) is 58.6 Å².